The fraction of sp³-hybridized carbons (Fsp3) is 0.105. The molecule has 1 aromatic heterocycles. The van der Waals surface area contributed by atoms with E-state index in [2.05, 4.69) is 31.4 Å². The highest BCUT2D eigenvalue weighted by Gasteiger charge is 2.19. The number of halogens is 1. The smallest absolute Gasteiger partial charge is 0.356 e. The number of nitrogens with zero attached hydrogens (tertiary/aromatic N) is 2. The highest BCUT2D eigenvalue weighted by atomic mass is 79.9. The molecule has 0 bridgehead atoms. The maximum atomic E-state index is 12.2. The number of anilines is 1. The van der Waals surface area contributed by atoms with E-state index >= 15 is 0 Å². The molecular formula is C19H15BrN4O5. The molecule has 0 atom stereocenters. The molecule has 9 nitrogen and oxygen atoms in total. The van der Waals surface area contributed by atoms with Crippen LogP contribution >= 0.6 is 15.9 Å². The minimum absolute atomic E-state index is 0.0672. The SMILES string of the molecule is Cc1cccc([N+](=O)[O-])c1NC(=O)COC(=O)c1cc(-c2ccc(Br)cc2)n[nH]1. The molecule has 0 aliphatic carbocycles. The van der Waals surface area contributed by atoms with E-state index in [1.807, 2.05) is 24.3 Å². The molecule has 0 aliphatic rings. The number of para-hydroxylation sites is 1. The van der Waals surface area contributed by atoms with E-state index in [9.17, 15) is 19.7 Å². The Morgan fingerprint density at radius 1 is 1.24 bits per heavy atom. The van der Waals surface area contributed by atoms with Gasteiger partial charge in [-0.05, 0) is 30.7 Å². The van der Waals surface area contributed by atoms with Crippen molar-refractivity contribution in [1.29, 1.82) is 0 Å². The number of hydrogen-bond acceptors (Lipinski definition) is 6. The summed E-state index contributed by atoms with van der Waals surface area (Å²) >= 11 is 3.34. The summed E-state index contributed by atoms with van der Waals surface area (Å²) in [7, 11) is 0. The molecule has 2 aromatic carbocycles. The van der Waals surface area contributed by atoms with Crippen LogP contribution in [-0.4, -0.2) is 33.6 Å². The van der Waals surface area contributed by atoms with Crippen molar-refractivity contribution in [2.45, 2.75) is 6.92 Å². The number of aryl methyl sites for hydroxylation is 1. The fourth-order valence-corrected chi connectivity index (χ4v) is 2.81. The van der Waals surface area contributed by atoms with Crippen LogP contribution in [0.5, 0.6) is 0 Å². The van der Waals surface area contributed by atoms with Crippen LogP contribution in [0.4, 0.5) is 11.4 Å². The molecule has 1 amide bonds. The Labute approximate surface area is 173 Å². The van der Waals surface area contributed by atoms with E-state index in [0.717, 1.165) is 10.0 Å². The number of nitro groups is 1. The highest BCUT2D eigenvalue weighted by molar-refractivity contribution is 9.10. The van der Waals surface area contributed by atoms with Gasteiger partial charge in [-0.15, -0.1) is 0 Å². The van der Waals surface area contributed by atoms with Gasteiger partial charge < -0.3 is 10.1 Å². The number of ether oxygens (including phenoxy) is 1. The van der Waals surface area contributed by atoms with E-state index in [4.69, 9.17) is 4.74 Å². The molecule has 2 N–H and O–H groups in total. The van der Waals surface area contributed by atoms with Crippen molar-refractivity contribution in [3.05, 3.63) is 74.4 Å². The van der Waals surface area contributed by atoms with Crippen LogP contribution in [0, 0.1) is 17.0 Å². The predicted octanol–water partition coefficient (Wildman–Crippen LogP) is 3.85. The highest BCUT2D eigenvalue weighted by Crippen LogP contribution is 2.27. The second-order valence-corrected chi connectivity index (χ2v) is 6.94. The number of carbonyl (C=O) groups is 2. The minimum atomic E-state index is -0.768. The minimum Gasteiger partial charge on any atom is -0.451 e. The van der Waals surface area contributed by atoms with E-state index < -0.39 is 23.4 Å². The normalized spacial score (nSPS) is 10.4. The van der Waals surface area contributed by atoms with Crippen LogP contribution in [0.2, 0.25) is 0 Å². The van der Waals surface area contributed by atoms with Crippen molar-refractivity contribution < 1.29 is 19.2 Å². The number of nitro benzene ring substituents is 1. The second kappa shape index (κ2) is 8.65. The second-order valence-electron chi connectivity index (χ2n) is 6.02. The number of aromatic nitrogens is 2. The lowest BCUT2D eigenvalue weighted by atomic mass is 10.1. The van der Waals surface area contributed by atoms with Crippen molar-refractivity contribution in [2.24, 2.45) is 0 Å². The Morgan fingerprint density at radius 2 is 1.97 bits per heavy atom. The summed E-state index contributed by atoms with van der Waals surface area (Å²) in [6.45, 7) is 1.03. The number of carbonyl (C=O) groups excluding carboxylic acids is 2. The lowest BCUT2D eigenvalue weighted by Gasteiger charge is -2.09. The molecule has 3 rings (SSSR count). The topological polar surface area (TPSA) is 127 Å². The van der Waals surface area contributed by atoms with E-state index in [-0.39, 0.29) is 17.1 Å². The van der Waals surface area contributed by atoms with E-state index in [1.54, 1.807) is 13.0 Å². The van der Waals surface area contributed by atoms with Gasteiger partial charge in [0.2, 0.25) is 0 Å². The number of aromatic amines is 1. The van der Waals surface area contributed by atoms with E-state index in [0.29, 0.717) is 11.3 Å². The monoisotopic (exact) mass is 458 g/mol. The zero-order valence-electron chi connectivity index (χ0n) is 15.1. The largest absolute Gasteiger partial charge is 0.451 e. The van der Waals surface area contributed by atoms with Crippen LogP contribution in [0.15, 0.2) is 53.0 Å². The van der Waals surface area contributed by atoms with Crippen LogP contribution in [-0.2, 0) is 9.53 Å². The van der Waals surface area contributed by atoms with Gasteiger partial charge >= 0.3 is 5.97 Å². The van der Waals surface area contributed by atoms with Crippen LogP contribution in [0.25, 0.3) is 11.3 Å². The Balaban J connectivity index is 1.62. The number of H-pyrrole nitrogens is 1. The fourth-order valence-electron chi connectivity index (χ4n) is 2.55. The quantitative estimate of drug-likeness (QED) is 0.328. The average Bonchev–Trinajstić information content (AvgIpc) is 3.18. The molecule has 0 unspecified atom stereocenters. The Bertz CT molecular complexity index is 1080. The third-order valence-electron chi connectivity index (χ3n) is 3.98. The van der Waals surface area contributed by atoms with Crippen molar-refractivity contribution in [3.63, 3.8) is 0 Å². The number of esters is 1. The van der Waals surface area contributed by atoms with Crippen molar-refractivity contribution in [3.8, 4) is 11.3 Å². The Kier molecular flexibility index (Phi) is 6.03. The molecule has 0 saturated heterocycles. The van der Waals surface area contributed by atoms with Gasteiger partial charge in [-0.25, -0.2) is 4.79 Å². The van der Waals surface area contributed by atoms with Gasteiger partial charge in [0.15, 0.2) is 6.61 Å². The van der Waals surface area contributed by atoms with Crippen molar-refractivity contribution in [2.75, 3.05) is 11.9 Å². The van der Waals surface area contributed by atoms with Crippen molar-refractivity contribution >= 4 is 39.2 Å². The molecule has 29 heavy (non-hydrogen) atoms. The average molecular weight is 459 g/mol. The number of benzene rings is 2. The van der Waals surface area contributed by atoms with Gasteiger partial charge in [-0.2, -0.15) is 5.10 Å². The van der Waals surface area contributed by atoms with Crippen LogP contribution in [0.1, 0.15) is 16.1 Å². The molecule has 1 heterocycles. The van der Waals surface area contributed by atoms with Gasteiger partial charge in [0.1, 0.15) is 11.4 Å². The first-order valence-corrected chi connectivity index (χ1v) is 9.17. The van der Waals surface area contributed by atoms with Gasteiger partial charge in [0, 0.05) is 16.1 Å². The summed E-state index contributed by atoms with van der Waals surface area (Å²) in [5.74, 6) is -1.46. The standard InChI is InChI=1S/C19H15BrN4O5/c1-11-3-2-4-16(24(27)28)18(11)21-17(25)10-29-19(26)15-9-14(22-23-15)12-5-7-13(20)8-6-12/h2-9H,10H2,1H3,(H,21,25)(H,22,23). The predicted molar refractivity (Wildman–Crippen MR) is 108 cm³/mol. The molecule has 3 aromatic rings. The van der Waals surface area contributed by atoms with Gasteiger partial charge in [-0.3, -0.25) is 20.0 Å². The number of rotatable bonds is 6. The Morgan fingerprint density at radius 3 is 2.66 bits per heavy atom. The third-order valence-corrected chi connectivity index (χ3v) is 4.51. The summed E-state index contributed by atoms with van der Waals surface area (Å²) in [5, 5.41) is 20.1. The first-order valence-electron chi connectivity index (χ1n) is 8.37. The molecule has 0 fully saturated rings. The first kappa shape index (κ1) is 20.2. The summed E-state index contributed by atoms with van der Waals surface area (Å²) in [5.41, 5.74) is 1.77. The lowest BCUT2D eigenvalue weighted by Crippen LogP contribution is -2.22. The summed E-state index contributed by atoms with van der Waals surface area (Å²) in [4.78, 5) is 34.8. The van der Waals surface area contributed by atoms with Crippen LogP contribution in [0.3, 0.4) is 0 Å². The molecule has 0 spiro atoms. The number of nitrogens with one attached hydrogen (secondary N) is 2. The van der Waals surface area contributed by atoms with E-state index in [1.165, 1.54) is 18.2 Å². The van der Waals surface area contributed by atoms with Crippen LogP contribution < -0.4 is 5.32 Å². The molecule has 148 valence electrons. The summed E-state index contributed by atoms with van der Waals surface area (Å²) < 4.78 is 5.88. The number of amides is 1. The molecule has 0 saturated carbocycles. The maximum Gasteiger partial charge on any atom is 0.356 e. The van der Waals surface area contributed by atoms with Crippen molar-refractivity contribution in [1.82, 2.24) is 10.2 Å². The molecule has 0 aliphatic heterocycles. The number of hydrogen-bond donors (Lipinski definition) is 2. The van der Waals surface area contributed by atoms with Gasteiger partial charge in [-0.1, -0.05) is 40.2 Å². The zero-order valence-corrected chi connectivity index (χ0v) is 16.7. The van der Waals surface area contributed by atoms with Gasteiger partial charge in [0.25, 0.3) is 11.6 Å². The summed E-state index contributed by atoms with van der Waals surface area (Å²) in [6, 6.07) is 13.3. The van der Waals surface area contributed by atoms with Gasteiger partial charge in [0.05, 0.1) is 10.6 Å². The summed E-state index contributed by atoms with van der Waals surface area (Å²) in [6.07, 6.45) is 0. The molecule has 10 heteroatoms. The lowest BCUT2D eigenvalue weighted by molar-refractivity contribution is -0.384. The third kappa shape index (κ3) is 4.85. The molecule has 0 radical (unpaired) electrons. The Hall–Kier alpha value is -3.53. The first-order chi connectivity index (χ1) is 13.8. The zero-order chi connectivity index (χ0) is 21.0. The maximum absolute atomic E-state index is 12.2. The molecular weight excluding hydrogens is 444 g/mol.